The van der Waals surface area contributed by atoms with Gasteiger partial charge >= 0.3 is 0 Å². The summed E-state index contributed by atoms with van der Waals surface area (Å²) >= 11 is 0. The molecule has 0 atom stereocenters. The zero-order valence-corrected chi connectivity index (χ0v) is 15.1. The lowest BCUT2D eigenvalue weighted by molar-refractivity contribution is 1.21. The number of nitrogens with one attached hydrogen (secondary N) is 2. The number of aromatic nitrogens is 2. The Morgan fingerprint density at radius 2 is 1.48 bits per heavy atom. The van der Waals surface area contributed by atoms with Crippen LogP contribution in [0.15, 0.2) is 78.9 Å². The maximum absolute atomic E-state index is 9.06. The smallest absolute Gasteiger partial charge is 0.229 e. The molecule has 1 aromatic heterocycles. The van der Waals surface area contributed by atoms with Crippen LogP contribution in [0.25, 0.3) is 10.9 Å². The fourth-order valence-electron chi connectivity index (χ4n) is 2.68. The summed E-state index contributed by atoms with van der Waals surface area (Å²) in [6, 6.07) is 27.1. The summed E-state index contributed by atoms with van der Waals surface area (Å²) in [6.07, 6.45) is 0. The first-order valence-electron chi connectivity index (χ1n) is 8.18. The zero-order chi connectivity index (χ0) is 17.8. The van der Waals surface area contributed by atoms with Crippen molar-refractivity contribution >= 4 is 46.5 Å². The molecule has 0 saturated heterocycles. The Balaban J connectivity index is 0.00000210. The van der Waals surface area contributed by atoms with Gasteiger partial charge in [0.2, 0.25) is 5.95 Å². The van der Waals surface area contributed by atoms with E-state index in [1.165, 1.54) is 0 Å². The van der Waals surface area contributed by atoms with Crippen molar-refractivity contribution in [1.82, 2.24) is 9.97 Å². The molecule has 0 unspecified atom stereocenters. The summed E-state index contributed by atoms with van der Waals surface area (Å²) in [5, 5.41) is 16.5. The molecule has 0 saturated carbocycles. The number of anilines is 4. The van der Waals surface area contributed by atoms with E-state index in [0.717, 1.165) is 28.1 Å². The van der Waals surface area contributed by atoms with E-state index in [-0.39, 0.29) is 12.4 Å². The highest BCUT2D eigenvalue weighted by molar-refractivity contribution is 5.92. The van der Waals surface area contributed by atoms with Crippen LogP contribution in [0.3, 0.4) is 0 Å². The summed E-state index contributed by atoms with van der Waals surface area (Å²) in [4.78, 5) is 9.21. The van der Waals surface area contributed by atoms with Gasteiger partial charge in [0, 0.05) is 16.8 Å². The third kappa shape index (κ3) is 4.14. The average Bonchev–Trinajstić information content (AvgIpc) is 2.69. The van der Waals surface area contributed by atoms with E-state index >= 15 is 0 Å². The molecule has 0 fully saturated rings. The minimum absolute atomic E-state index is 0. The van der Waals surface area contributed by atoms with Gasteiger partial charge in [-0.05, 0) is 42.5 Å². The number of nitrogens with zero attached hydrogens (tertiary/aromatic N) is 3. The van der Waals surface area contributed by atoms with Crippen LogP contribution < -0.4 is 10.6 Å². The van der Waals surface area contributed by atoms with Gasteiger partial charge in [0.25, 0.3) is 0 Å². The van der Waals surface area contributed by atoms with Crippen LogP contribution in [0.2, 0.25) is 0 Å². The van der Waals surface area contributed by atoms with Gasteiger partial charge in [0.05, 0.1) is 17.1 Å². The van der Waals surface area contributed by atoms with Crippen molar-refractivity contribution in [3.8, 4) is 6.07 Å². The summed E-state index contributed by atoms with van der Waals surface area (Å²) < 4.78 is 0. The van der Waals surface area contributed by atoms with Gasteiger partial charge in [0.15, 0.2) is 0 Å². The van der Waals surface area contributed by atoms with Gasteiger partial charge < -0.3 is 10.6 Å². The van der Waals surface area contributed by atoms with Crippen molar-refractivity contribution in [2.24, 2.45) is 0 Å². The molecule has 0 aliphatic rings. The summed E-state index contributed by atoms with van der Waals surface area (Å²) in [6.45, 7) is 0. The molecule has 27 heavy (non-hydrogen) atoms. The van der Waals surface area contributed by atoms with Crippen LogP contribution in [-0.2, 0) is 0 Å². The number of hydrogen-bond acceptors (Lipinski definition) is 5. The Morgan fingerprint density at radius 1 is 0.741 bits per heavy atom. The molecule has 4 rings (SSSR count). The third-order valence-corrected chi connectivity index (χ3v) is 3.89. The number of benzene rings is 3. The summed E-state index contributed by atoms with van der Waals surface area (Å²) in [5.74, 6) is 1.19. The number of halogens is 1. The van der Waals surface area contributed by atoms with Crippen LogP contribution in [0, 0.1) is 11.3 Å². The molecule has 0 amide bonds. The maximum Gasteiger partial charge on any atom is 0.229 e. The molecule has 0 aliphatic heterocycles. The first-order valence-corrected chi connectivity index (χ1v) is 8.18. The Bertz CT molecular complexity index is 1110. The van der Waals surface area contributed by atoms with Crippen molar-refractivity contribution in [1.29, 1.82) is 5.26 Å². The highest BCUT2D eigenvalue weighted by Gasteiger charge is 2.08. The molecule has 132 valence electrons. The average molecular weight is 374 g/mol. The summed E-state index contributed by atoms with van der Waals surface area (Å²) in [5.41, 5.74) is 3.14. The van der Waals surface area contributed by atoms with Gasteiger partial charge in [0.1, 0.15) is 5.82 Å². The molecule has 6 heteroatoms. The molecule has 0 bridgehead atoms. The van der Waals surface area contributed by atoms with Gasteiger partial charge in [-0.15, -0.1) is 12.4 Å². The van der Waals surface area contributed by atoms with Crippen molar-refractivity contribution in [3.63, 3.8) is 0 Å². The van der Waals surface area contributed by atoms with Crippen molar-refractivity contribution in [2.45, 2.75) is 0 Å². The maximum atomic E-state index is 9.06. The van der Waals surface area contributed by atoms with Gasteiger partial charge in [-0.1, -0.05) is 36.4 Å². The molecule has 5 nitrogen and oxygen atoms in total. The lowest BCUT2D eigenvalue weighted by atomic mass is 10.2. The van der Waals surface area contributed by atoms with Crippen molar-refractivity contribution in [3.05, 3.63) is 84.4 Å². The summed E-state index contributed by atoms with van der Waals surface area (Å²) in [7, 11) is 0. The second-order valence-electron chi connectivity index (χ2n) is 5.72. The molecular formula is C21H16ClN5. The molecule has 0 spiro atoms. The fraction of sp³-hybridized carbons (Fsp3) is 0. The third-order valence-electron chi connectivity index (χ3n) is 3.89. The van der Waals surface area contributed by atoms with Crippen LogP contribution >= 0.6 is 12.4 Å². The molecule has 1 heterocycles. The van der Waals surface area contributed by atoms with E-state index in [2.05, 4.69) is 26.7 Å². The quantitative estimate of drug-likeness (QED) is 0.500. The van der Waals surface area contributed by atoms with Gasteiger partial charge in [-0.25, -0.2) is 4.98 Å². The number of rotatable bonds is 4. The van der Waals surface area contributed by atoms with Crippen LogP contribution in [0.4, 0.5) is 23.1 Å². The first kappa shape index (κ1) is 18.2. The molecule has 3 aromatic carbocycles. The lowest BCUT2D eigenvalue weighted by Gasteiger charge is -2.12. The largest absolute Gasteiger partial charge is 0.340 e. The van der Waals surface area contributed by atoms with E-state index in [0.29, 0.717) is 11.5 Å². The Labute approximate surface area is 163 Å². The number of fused-ring (bicyclic) bond motifs is 1. The minimum atomic E-state index is 0. The predicted molar refractivity (Wildman–Crippen MR) is 111 cm³/mol. The highest BCUT2D eigenvalue weighted by atomic mass is 35.5. The SMILES string of the molecule is Cl.N#Cc1cccc(Nc2nc(Nc3ccccc3)c3ccccc3n2)c1. The fourth-order valence-corrected chi connectivity index (χ4v) is 2.68. The molecule has 4 aromatic rings. The zero-order valence-electron chi connectivity index (χ0n) is 14.3. The van der Waals surface area contributed by atoms with E-state index in [9.17, 15) is 0 Å². The number of nitriles is 1. The normalized spacial score (nSPS) is 9.89. The second-order valence-corrected chi connectivity index (χ2v) is 5.72. The van der Waals surface area contributed by atoms with Gasteiger partial charge in [-0.2, -0.15) is 10.2 Å². The number of hydrogen-bond donors (Lipinski definition) is 2. The molecule has 2 N–H and O–H groups in total. The molecule has 0 radical (unpaired) electrons. The van der Waals surface area contributed by atoms with Crippen LogP contribution in [0.5, 0.6) is 0 Å². The monoisotopic (exact) mass is 373 g/mol. The first-order chi connectivity index (χ1) is 12.8. The van der Waals surface area contributed by atoms with Crippen molar-refractivity contribution in [2.75, 3.05) is 10.6 Å². The van der Waals surface area contributed by atoms with Crippen molar-refractivity contribution < 1.29 is 0 Å². The Kier molecular flexibility index (Phi) is 5.50. The Hall–Kier alpha value is -3.62. The Morgan fingerprint density at radius 3 is 2.30 bits per heavy atom. The lowest BCUT2D eigenvalue weighted by Crippen LogP contribution is -2.02. The van der Waals surface area contributed by atoms with Gasteiger partial charge in [-0.3, -0.25) is 0 Å². The minimum Gasteiger partial charge on any atom is -0.340 e. The van der Waals surface area contributed by atoms with E-state index in [1.54, 1.807) is 12.1 Å². The van der Waals surface area contributed by atoms with Crippen LogP contribution in [-0.4, -0.2) is 9.97 Å². The van der Waals surface area contributed by atoms with E-state index in [4.69, 9.17) is 5.26 Å². The number of para-hydroxylation sites is 2. The molecule has 0 aliphatic carbocycles. The second kappa shape index (κ2) is 8.17. The van der Waals surface area contributed by atoms with Crippen LogP contribution in [0.1, 0.15) is 5.56 Å². The topological polar surface area (TPSA) is 73.6 Å². The highest BCUT2D eigenvalue weighted by Crippen LogP contribution is 2.26. The van der Waals surface area contributed by atoms with E-state index < -0.39 is 0 Å². The van der Waals surface area contributed by atoms with E-state index in [1.807, 2.05) is 66.7 Å². The standard InChI is InChI=1S/C21H15N5.ClH/c22-14-15-7-6-10-17(13-15)24-21-25-19-12-5-4-11-18(19)20(26-21)23-16-8-2-1-3-9-16;/h1-13H,(H2,23,24,25,26);1H. The molecular weight excluding hydrogens is 358 g/mol. The predicted octanol–water partition coefficient (Wildman–Crippen LogP) is 5.41.